The highest BCUT2D eigenvalue weighted by molar-refractivity contribution is 7.22. The molecular formula is C16H14N4O2S. The minimum atomic E-state index is -0.677. The molecule has 3 amide bonds. The number of thiazole rings is 1. The first-order valence-electron chi connectivity index (χ1n) is 6.87. The van der Waals surface area contributed by atoms with Crippen LogP contribution in [0.25, 0.3) is 10.2 Å². The maximum Gasteiger partial charge on any atom is 0.316 e. The number of rotatable bonds is 3. The van der Waals surface area contributed by atoms with Gasteiger partial charge in [0.1, 0.15) is 0 Å². The van der Waals surface area contributed by atoms with Crippen LogP contribution < -0.4 is 16.4 Å². The van der Waals surface area contributed by atoms with Gasteiger partial charge < -0.3 is 11.1 Å². The van der Waals surface area contributed by atoms with E-state index in [1.807, 2.05) is 25.1 Å². The van der Waals surface area contributed by atoms with Crippen LogP contribution in [-0.2, 0) is 0 Å². The van der Waals surface area contributed by atoms with Gasteiger partial charge in [-0.25, -0.2) is 9.78 Å². The number of anilines is 2. The lowest BCUT2D eigenvalue weighted by atomic mass is 10.2. The number of fused-ring (bicyclic) bond motifs is 1. The number of amides is 3. The summed E-state index contributed by atoms with van der Waals surface area (Å²) < 4.78 is 1.02. The van der Waals surface area contributed by atoms with Crippen molar-refractivity contribution in [3.05, 3.63) is 53.6 Å². The number of urea groups is 1. The average molecular weight is 326 g/mol. The fourth-order valence-electron chi connectivity index (χ4n) is 2.19. The summed E-state index contributed by atoms with van der Waals surface area (Å²) in [5, 5.41) is 5.75. The molecule has 2 aromatic carbocycles. The number of carbonyl (C=O) groups excluding carboxylic acids is 2. The molecule has 0 saturated carbocycles. The topological polar surface area (TPSA) is 97.1 Å². The van der Waals surface area contributed by atoms with Gasteiger partial charge in [-0.1, -0.05) is 29.5 Å². The summed E-state index contributed by atoms with van der Waals surface area (Å²) in [5.74, 6) is -0.296. The molecule has 7 heteroatoms. The third-order valence-electron chi connectivity index (χ3n) is 3.23. The Morgan fingerprint density at radius 1 is 1.13 bits per heavy atom. The number of aromatic nitrogens is 1. The van der Waals surface area contributed by atoms with E-state index in [-0.39, 0.29) is 5.91 Å². The largest absolute Gasteiger partial charge is 0.351 e. The van der Waals surface area contributed by atoms with Gasteiger partial charge in [-0.15, -0.1) is 0 Å². The highest BCUT2D eigenvalue weighted by atomic mass is 32.1. The van der Waals surface area contributed by atoms with Gasteiger partial charge in [0.15, 0.2) is 5.13 Å². The number of para-hydroxylation sites is 1. The van der Waals surface area contributed by atoms with Crippen LogP contribution in [0.4, 0.5) is 15.6 Å². The van der Waals surface area contributed by atoms with E-state index in [4.69, 9.17) is 5.73 Å². The standard InChI is InChI=1S/C16H14N4O2S/c1-9-4-2-7-12-13(9)19-16(23-12)20-14(21)10-5-3-6-11(8-10)18-15(17)22/h2-8H,1H3,(H3,17,18,22)(H,19,20,21). The van der Waals surface area contributed by atoms with E-state index < -0.39 is 6.03 Å². The van der Waals surface area contributed by atoms with Gasteiger partial charge in [0.05, 0.1) is 10.2 Å². The van der Waals surface area contributed by atoms with Gasteiger partial charge >= 0.3 is 6.03 Å². The van der Waals surface area contributed by atoms with Gasteiger partial charge in [-0.2, -0.15) is 0 Å². The number of nitrogens with two attached hydrogens (primary N) is 1. The maximum absolute atomic E-state index is 12.3. The van der Waals surface area contributed by atoms with E-state index in [2.05, 4.69) is 15.6 Å². The minimum Gasteiger partial charge on any atom is -0.351 e. The smallest absolute Gasteiger partial charge is 0.316 e. The van der Waals surface area contributed by atoms with Crippen LogP contribution in [0.3, 0.4) is 0 Å². The molecule has 0 aliphatic rings. The van der Waals surface area contributed by atoms with E-state index in [0.29, 0.717) is 16.4 Å². The Kier molecular flexibility index (Phi) is 3.94. The first kappa shape index (κ1) is 15.0. The fraction of sp³-hybridized carbons (Fsp3) is 0.0625. The zero-order chi connectivity index (χ0) is 16.4. The van der Waals surface area contributed by atoms with Gasteiger partial charge in [-0.3, -0.25) is 10.1 Å². The first-order valence-corrected chi connectivity index (χ1v) is 7.68. The number of nitrogens with one attached hydrogen (secondary N) is 2. The lowest BCUT2D eigenvalue weighted by molar-refractivity contribution is 0.102. The van der Waals surface area contributed by atoms with Crippen molar-refractivity contribution < 1.29 is 9.59 Å². The maximum atomic E-state index is 12.3. The molecule has 0 aliphatic heterocycles. The number of hydrogen-bond acceptors (Lipinski definition) is 4. The van der Waals surface area contributed by atoms with E-state index in [9.17, 15) is 9.59 Å². The van der Waals surface area contributed by atoms with E-state index >= 15 is 0 Å². The first-order chi connectivity index (χ1) is 11.0. The third-order valence-corrected chi connectivity index (χ3v) is 4.17. The summed E-state index contributed by atoms with van der Waals surface area (Å²) in [5.41, 5.74) is 7.89. The Balaban J connectivity index is 1.83. The van der Waals surface area contributed by atoms with Crippen LogP contribution in [0.2, 0.25) is 0 Å². The second-order valence-corrected chi connectivity index (χ2v) is 6.00. The van der Waals surface area contributed by atoms with E-state index in [1.165, 1.54) is 11.3 Å². The molecule has 3 aromatic rings. The van der Waals surface area contributed by atoms with Crippen LogP contribution in [0.15, 0.2) is 42.5 Å². The molecule has 23 heavy (non-hydrogen) atoms. The van der Waals surface area contributed by atoms with Gasteiger partial charge in [-0.05, 0) is 36.8 Å². The van der Waals surface area contributed by atoms with Crippen molar-refractivity contribution in [3.8, 4) is 0 Å². The van der Waals surface area contributed by atoms with Crippen molar-refractivity contribution in [3.63, 3.8) is 0 Å². The summed E-state index contributed by atoms with van der Waals surface area (Å²) in [6.45, 7) is 1.98. The third kappa shape index (κ3) is 3.29. The Morgan fingerprint density at radius 3 is 2.65 bits per heavy atom. The summed E-state index contributed by atoms with van der Waals surface area (Å²) in [4.78, 5) is 27.6. The lowest BCUT2D eigenvalue weighted by Gasteiger charge is -2.05. The molecule has 0 atom stereocenters. The number of hydrogen-bond donors (Lipinski definition) is 3. The predicted octanol–water partition coefficient (Wildman–Crippen LogP) is 3.35. The zero-order valence-corrected chi connectivity index (χ0v) is 13.1. The SMILES string of the molecule is Cc1cccc2sc(NC(=O)c3cccc(NC(N)=O)c3)nc12. The van der Waals surface area contributed by atoms with Gasteiger partial charge in [0.2, 0.25) is 0 Å². The summed E-state index contributed by atoms with van der Waals surface area (Å²) >= 11 is 1.42. The second kappa shape index (κ2) is 6.05. The molecule has 116 valence electrons. The number of primary amides is 1. The quantitative estimate of drug-likeness (QED) is 0.688. The summed E-state index contributed by atoms with van der Waals surface area (Å²) in [7, 11) is 0. The normalized spacial score (nSPS) is 10.5. The molecule has 0 radical (unpaired) electrons. The minimum absolute atomic E-state index is 0.296. The summed E-state index contributed by atoms with van der Waals surface area (Å²) in [6.07, 6.45) is 0. The molecule has 6 nitrogen and oxygen atoms in total. The Hall–Kier alpha value is -2.93. The molecule has 0 bridgehead atoms. The molecular weight excluding hydrogens is 312 g/mol. The van der Waals surface area contributed by atoms with E-state index in [1.54, 1.807) is 24.3 Å². The van der Waals surface area contributed by atoms with E-state index in [0.717, 1.165) is 15.8 Å². The lowest BCUT2D eigenvalue weighted by Crippen LogP contribution is -2.19. The summed E-state index contributed by atoms with van der Waals surface area (Å²) in [6, 6.07) is 11.8. The highest BCUT2D eigenvalue weighted by Gasteiger charge is 2.11. The highest BCUT2D eigenvalue weighted by Crippen LogP contribution is 2.28. The molecule has 0 saturated heterocycles. The van der Waals surface area contributed by atoms with Gasteiger partial charge in [0, 0.05) is 11.3 Å². The van der Waals surface area contributed by atoms with Crippen molar-refractivity contribution in [1.82, 2.24) is 4.98 Å². The Bertz CT molecular complexity index is 904. The number of nitrogens with zero attached hydrogens (tertiary/aromatic N) is 1. The molecule has 0 fully saturated rings. The molecule has 0 aliphatic carbocycles. The monoisotopic (exact) mass is 326 g/mol. The second-order valence-electron chi connectivity index (χ2n) is 4.96. The molecule has 3 rings (SSSR count). The average Bonchev–Trinajstić information content (AvgIpc) is 2.91. The molecule has 1 heterocycles. The molecule has 0 unspecified atom stereocenters. The van der Waals surface area contributed by atoms with Crippen LogP contribution in [-0.4, -0.2) is 16.9 Å². The van der Waals surface area contributed by atoms with Crippen molar-refractivity contribution in [2.75, 3.05) is 10.6 Å². The predicted molar refractivity (Wildman–Crippen MR) is 92.0 cm³/mol. The Labute approximate surface area is 136 Å². The molecule has 4 N–H and O–H groups in total. The van der Waals surface area contributed by atoms with Crippen LogP contribution in [0.1, 0.15) is 15.9 Å². The van der Waals surface area contributed by atoms with Gasteiger partial charge in [0.25, 0.3) is 5.91 Å². The van der Waals surface area contributed by atoms with Crippen molar-refractivity contribution >= 4 is 44.3 Å². The van der Waals surface area contributed by atoms with Crippen molar-refractivity contribution in [2.24, 2.45) is 5.73 Å². The van der Waals surface area contributed by atoms with Crippen LogP contribution in [0, 0.1) is 6.92 Å². The molecule has 0 spiro atoms. The number of benzene rings is 2. The van der Waals surface area contributed by atoms with Crippen LogP contribution >= 0.6 is 11.3 Å². The number of carbonyl (C=O) groups is 2. The molecule has 1 aromatic heterocycles. The van der Waals surface area contributed by atoms with Crippen molar-refractivity contribution in [1.29, 1.82) is 0 Å². The van der Waals surface area contributed by atoms with Crippen molar-refractivity contribution in [2.45, 2.75) is 6.92 Å². The zero-order valence-electron chi connectivity index (χ0n) is 12.3. The Morgan fingerprint density at radius 2 is 1.91 bits per heavy atom. The fourth-order valence-corrected chi connectivity index (χ4v) is 3.13. The number of aryl methyl sites for hydroxylation is 1. The van der Waals surface area contributed by atoms with Crippen LogP contribution in [0.5, 0.6) is 0 Å².